The number of hydrogen-bond acceptors (Lipinski definition) is 5. The van der Waals surface area contributed by atoms with E-state index < -0.39 is 22.7 Å². The molecule has 2 heterocycles. The number of fused-ring (bicyclic) bond motifs is 1. The maximum absolute atomic E-state index is 13.5. The summed E-state index contributed by atoms with van der Waals surface area (Å²) >= 11 is 1.12. The molecule has 0 fully saturated rings. The van der Waals surface area contributed by atoms with Crippen molar-refractivity contribution < 1.29 is 26.7 Å². The molecule has 0 saturated carbocycles. The van der Waals surface area contributed by atoms with E-state index in [0.717, 1.165) is 22.5 Å². The molecule has 1 unspecified atom stereocenters. The van der Waals surface area contributed by atoms with Crippen LogP contribution < -0.4 is 4.74 Å². The van der Waals surface area contributed by atoms with Crippen LogP contribution in [0.3, 0.4) is 0 Å². The maximum Gasteiger partial charge on any atom is 0.387 e. The number of amides is 1. The minimum absolute atomic E-state index is 0.0276. The molecule has 0 saturated heterocycles. The number of likely N-dealkylation sites (N-methyl/N-ethyl adjacent to an activating group) is 1. The van der Waals surface area contributed by atoms with Gasteiger partial charge in [0.25, 0.3) is 10.0 Å². The molecule has 10 heteroatoms. The van der Waals surface area contributed by atoms with Crippen LogP contribution in [0.5, 0.6) is 5.75 Å². The fraction of sp³-hybridized carbons (Fsp3) is 0.261. The molecule has 1 atom stereocenters. The number of carbonyl (C=O) groups excluding carboxylic acids is 1. The van der Waals surface area contributed by atoms with E-state index in [1.165, 1.54) is 27.4 Å². The first-order valence-corrected chi connectivity index (χ1v) is 12.5. The molecule has 0 radical (unpaired) electrons. The highest BCUT2D eigenvalue weighted by Gasteiger charge is 2.41. The Balaban J connectivity index is 1.58. The first-order valence-electron chi connectivity index (χ1n) is 10.2. The molecule has 6 nitrogen and oxygen atoms in total. The summed E-state index contributed by atoms with van der Waals surface area (Å²) in [7, 11) is -2.26. The molecular formula is C23H22F2N2O4S2. The van der Waals surface area contributed by atoms with E-state index in [1.807, 2.05) is 24.3 Å². The van der Waals surface area contributed by atoms with Gasteiger partial charge < -0.3 is 9.64 Å². The van der Waals surface area contributed by atoms with Gasteiger partial charge in [-0.05, 0) is 46.7 Å². The van der Waals surface area contributed by atoms with Gasteiger partial charge in [0, 0.05) is 20.1 Å². The molecule has 174 valence electrons. The summed E-state index contributed by atoms with van der Waals surface area (Å²) in [5.74, 6) is -0.308. The first kappa shape index (κ1) is 23.3. The van der Waals surface area contributed by atoms with E-state index >= 15 is 0 Å². The predicted molar refractivity (Wildman–Crippen MR) is 121 cm³/mol. The lowest BCUT2D eigenvalue weighted by Gasteiger charge is -2.36. The van der Waals surface area contributed by atoms with Crippen LogP contribution >= 0.6 is 11.3 Å². The van der Waals surface area contributed by atoms with Crippen molar-refractivity contribution in [2.24, 2.45) is 0 Å². The molecule has 0 bridgehead atoms. The lowest BCUT2D eigenvalue weighted by Crippen LogP contribution is -2.52. The van der Waals surface area contributed by atoms with Crippen molar-refractivity contribution in [2.45, 2.75) is 36.4 Å². The number of rotatable bonds is 7. The van der Waals surface area contributed by atoms with E-state index in [0.29, 0.717) is 5.56 Å². The summed E-state index contributed by atoms with van der Waals surface area (Å²) in [5, 5.41) is 1.69. The fourth-order valence-electron chi connectivity index (χ4n) is 3.87. The van der Waals surface area contributed by atoms with Crippen LogP contribution in [-0.4, -0.2) is 43.2 Å². The minimum Gasteiger partial charge on any atom is -0.435 e. The lowest BCUT2D eigenvalue weighted by molar-refractivity contribution is -0.135. The molecule has 1 aliphatic rings. The van der Waals surface area contributed by atoms with Crippen LogP contribution in [0.15, 0.2) is 70.3 Å². The fourth-order valence-corrected chi connectivity index (χ4v) is 6.55. The third kappa shape index (κ3) is 5.07. The Labute approximate surface area is 195 Å². The molecule has 33 heavy (non-hydrogen) atoms. The molecule has 0 spiro atoms. The second-order valence-corrected chi connectivity index (χ2v) is 10.8. The van der Waals surface area contributed by atoms with E-state index in [9.17, 15) is 22.0 Å². The third-order valence-electron chi connectivity index (χ3n) is 5.49. The average molecular weight is 493 g/mol. The number of ether oxygens (including phenoxy) is 1. The number of sulfonamides is 1. The van der Waals surface area contributed by atoms with Gasteiger partial charge in [0.05, 0.1) is 0 Å². The van der Waals surface area contributed by atoms with Gasteiger partial charge in [-0.3, -0.25) is 4.79 Å². The van der Waals surface area contributed by atoms with Crippen molar-refractivity contribution in [3.05, 3.63) is 82.7 Å². The van der Waals surface area contributed by atoms with E-state index in [1.54, 1.807) is 30.6 Å². The first-order chi connectivity index (χ1) is 15.8. The second-order valence-electron chi connectivity index (χ2n) is 7.69. The minimum atomic E-state index is -3.86. The molecule has 4 rings (SSSR count). The predicted octanol–water partition coefficient (Wildman–Crippen LogP) is 4.12. The maximum atomic E-state index is 13.5. The molecule has 1 aromatic heterocycles. The van der Waals surface area contributed by atoms with Gasteiger partial charge in [-0.2, -0.15) is 13.1 Å². The standard InChI is InChI=1S/C23H22F2N2O4S2/c1-26(14-16-8-10-19(11-9-16)31-23(24)25)22(28)20-13-17-5-2-3-6-18(17)15-27(20)33(29,30)21-7-4-12-32-21/h2-12,20,23H,13-15H2,1H3. The van der Waals surface area contributed by atoms with Crippen molar-refractivity contribution in [3.8, 4) is 5.75 Å². The van der Waals surface area contributed by atoms with E-state index in [-0.39, 0.29) is 35.4 Å². The lowest BCUT2D eigenvalue weighted by atomic mass is 9.95. The Bertz CT molecular complexity index is 1220. The molecule has 1 aliphatic heterocycles. The topological polar surface area (TPSA) is 66.9 Å². The van der Waals surface area contributed by atoms with Crippen LogP contribution in [-0.2, 0) is 34.3 Å². The van der Waals surface area contributed by atoms with Gasteiger partial charge in [0.1, 0.15) is 16.0 Å². The van der Waals surface area contributed by atoms with Crippen LogP contribution in [0.4, 0.5) is 8.78 Å². The zero-order chi connectivity index (χ0) is 23.6. The third-order valence-corrected chi connectivity index (χ3v) is 8.72. The van der Waals surface area contributed by atoms with Gasteiger partial charge in [0.2, 0.25) is 5.91 Å². The van der Waals surface area contributed by atoms with Gasteiger partial charge >= 0.3 is 6.61 Å². The monoisotopic (exact) mass is 492 g/mol. The Morgan fingerprint density at radius 3 is 2.45 bits per heavy atom. The molecule has 0 N–H and O–H groups in total. The summed E-state index contributed by atoms with van der Waals surface area (Å²) in [4.78, 5) is 14.9. The largest absolute Gasteiger partial charge is 0.435 e. The summed E-state index contributed by atoms with van der Waals surface area (Å²) < 4.78 is 57.3. The van der Waals surface area contributed by atoms with Gasteiger partial charge in [0.15, 0.2) is 0 Å². The average Bonchev–Trinajstić information content (AvgIpc) is 3.34. The number of nitrogens with zero attached hydrogens (tertiary/aromatic N) is 2. The van der Waals surface area contributed by atoms with Crippen LogP contribution in [0, 0.1) is 0 Å². The van der Waals surface area contributed by atoms with Crippen molar-refractivity contribution in [2.75, 3.05) is 7.05 Å². The van der Waals surface area contributed by atoms with Gasteiger partial charge in [-0.25, -0.2) is 8.42 Å². The molecule has 2 aromatic carbocycles. The Kier molecular flexibility index (Phi) is 6.78. The van der Waals surface area contributed by atoms with Gasteiger partial charge in [-0.15, -0.1) is 11.3 Å². The van der Waals surface area contributed by atoms with E-state index in [2.05, 4.69) is 4.74 Å². The summed E-state index contributed by atoms with van der Waals surface area (Å²) in [6.45, 7) is -2.61. The highest BCUT2D eigenvalue weighted by Crippen LogP contribution is 2.31. The summed E-state index contributed by atoms with van der Waals surface area (Å²) in [6, 6.07) is 15.8. The number of hydrogen-bond donors (Lipinski definition) is 0. The molecule has 1 amide bonds. The van der Waals surface area contributed by atoms with Gasteiger partial charge in [-0.1, -0.05) is 42.5 Å². The molecule has 3 aromatic rings. The Hall–Kier alpha value is -2.82. The molecule has 0 aliphatic carbocycles. The van der Waals surface area contributed by atoms with Crippen molar-refractivity contribution in [3.63, 3.8) is 0 Å². The number of benzene rings is 2. The van der Waals surface area contributed by atoms with E-state index in [4.69, 9.17) is 0 Å². The number of halogens is 2. The van der Waals surface area contributed by atoms with Crippen molar-refractivity contribution >= 4 is 27.3 Å². The quantitative estimate of drug-likeness (QED) is 0.498. The normalized spacial score (nSPS) is 16.4. The summed E-state index contributed by atoms with van der Waals surface area (Å²) in [5.41, 5.74) is 2.52. The number of thiophene rings is 1. The van der Waals surface area contributed by atoms with Crippen LogP contribution in [0.25, 0.3) is 0 Å². The highest BCUT2D eigenvalue weighted by atomic mass is 32.2. The SMILES string of the molecule is CN(Cc1ccc(OC(F)F)cc1)C(=O)C1Cc2ccccc2CN1S(=O)(=O)c1cccs1. The zero-order valence-corrected chi connectivity index (χ0v) is 19.4. The van der Waals surface area contributed by atoms with Crippen LogP contribution in [0.2, 0.25) is 0 Å². The van der Waals surface area contributed by atoms with Crippen molar-refractivity contribution in [1.29, 1.82) is 0 Å². The Morgan fingerprint density at radius 2 is 1.82 bits per heavy atom. The zero-order valence-electron chi connectivity index (χ0n) is 17.7. The smallest absolute Gasteiger partial charge is 0.387 e. The number of carbonyl (C=O) groups is 1. The van der Waals surface area contributed by atoms with Crippen molar-refractivity contribution in [1.82, 2.24) is 9.21 Å². The second kappa shape index (κ2) is 9.58. The number of alkyl halides is 2. The highest BCUT2D eigenvalue weighted by molar-refractivity contribution is 7.91. The van der Waals surface area contributed by atoms with Crippen LogP contribution in [0.1, 0.15) is 16.7 Å². The molecular weight excluding hydrogens is 470 g/mol. The summed E-state index contributed by atoms with van der Waals surface area (Å²) in [6.07, 6.45) is 0.269. The Morgan fingerprint density at radius 1 is 1.12 bits per heavy atom.